The van der Waals surface area contributed by atoms with Crippen molar-refractivity contribution in [3.8, 4) is 5.13 Å². The number of amides is 2. The first-order chi connectivity index (χ1) is 14.1. The van der Waals surface area contributed by atoms with E-state index in [0.29, 0.717) is 30.9 Å². The van der Waals surface area contributed by atoms with Crippen LogP contribution < -0.4 is 0 Å². The second-order valence-electron chi connectivity index (χ2n) is 7.47. The van der Waals surface area contributed by atoms with Crippen LogP contribution in [0, 0.1) is 6.92 Å². The molecule has 5 rings (SSSR count). The van der Waals surface area contributed by atoms with Crippen molar-refractivity contribution in [3.63, 3.8) is 0 Å². The summed E-state index contributed by atoms with van der Waals surface area (Å²) in [7, 11) is 0. The van der Waals surface area contributed by atoms with Gasteiger partial charge in [-0.15, -0.1) is 5.10 Å². The molecule has 0 bridgehead atoms. The Hall–Kier alpha value is -3.01. The Morgan fingerprint density at radius 1 is 1.28 bits per heavy atom. The summed E-state index contributed by atoms with van der Waals surface area (Å²) in [4.78, 5) is 33.5. The molecule has 0 aromatic carbocycles. The fourth-order valence-electron chi connectivity index (χ4n) is 3.72. The number of nitrogens with zero attached hydrogens (tertiary/aromatic N) is 7. The Kier molecular flexibility index (Phi) is 4.42. The lowest BCUT2D eigenvalue weighted by Crippen LogP contribution is -2.50. The summed E-state index contributed by atoms with van der Waals surface area (Å²) in [6.45, 7) is 4.37. The van der Waals surface area contributed by atoms with Crippen LogP contribution in [0.1, 0.15) is 39.9 Å². The normalized spacial score (nSPS) is 17.2. The van der Waals surface area contributed by atoms with E-state index in [1.54, 1.807) is 0 Å². The van der Waals surface area contributed by atoms with Crippen molar-refractivity contribution in [2.75, 3.05) is 19.6 Å². The van der Waals surface area contributed by atoms with Crippen LogP contribution in [0.2, 0.25) is 0 Å². The van der Waals surface area contributed by atoms with E-state index in [0.717, 1.165) is 29.5 Å². The van der Waals surface area contributed by atoms with Gasteiger partial charge in [0.15, 0.2) is 5.13 Å². The molecule has 3 aromatic heterocycles. The predicted molar refractivity (Wildman–Crippen MR) is 106 cm³/mol. The van der Waals surface area contributed by atoms with Crippen molar-refractivity contribution in [3.05, 3.63) is 47.0 Å². The highest BCUT2D eigenvalue weighted by atomic mass is 32.1. The monoisotopic (exact) mass is 411 g/mol. The maximum Gasteiger partial charge on any atom is 0.266 e. The molecule has 0 saturated carbocycles. The molecule has 2 aliphatic rings. The minimum absolute atomic E-state index is 0.0117. The third kappa shape index (κ3) is 3.33. The largest absolute Gasteiger partial charge is 0.337 e. The van der Waals surface area contributed by atoms with Crippen molar-refractivity contribution >= 4 is 23.2 Å². The number of aromatic nitrogens is 5. The Balaban J connectivity index is 1.21. The van der Waals surface area contributed by atoms with Crippen LogP contribution in [0.15, 0.2) is 30.7 Å². The van der Waals surface area contributed by atoms with Gasteiger partial charge in [-0.05, 0) is 25.5 Å². The first-order valence-corrected chi connectivity index (χ1v) is 10.5. The summed E-state index contributed by atoms with van der Waals surface area (Å²) in [6, 6.07) is 3.99. The zero-order valence-electron chi connectivity index (χ0n) is 16.1. The maximum atomic E-state index is 12.9. The number of carbonyl (C=O) groups is 2. The molecule has 2 aliphatic heterocycles. The molecule has 2 amide bonds. The second-order valence-corrected chi connectivity index (χ2v) is 8.45. The third-order valence-electron chi connectivity index (χ3n) is 5.41. The van der Waals surface area contributed by atoms with Gasteiger partial charge in [0, 0.05) is 38.4 Å². The van der Waals surface area contributed by atoms with Crippen molar-refractivity contribution in [1.82, 2.24) is 34.3 Å². The molecule has 0 atom stereocenters. The molecule has 5 heterocycles. The molecule has 29 heavy (non-hydrogen) atoms. The van der Waals surface area contributed by atoms with Gasteiger partial charge in [0.05, 0.1) is 24.5 Å². The van der Waals surface area contributed by atoms with Gasteiger partial charge in [-0.1, -0.05) is 16.6 Å². The average molecular weight is 411 g/mol. The van der Waals surface area contributed by atoms with Crippen molar-refractivity contribution < 1.29 is 9.59 Å². The van der Waals surface area contributed by atoms with Gasteiger partial charge in [-0.25, -0.2) is 9.67 Å². The molecule has 10 heteroatoms. The van der Waals surface area contributed by atoms with Gasteiger partial charge >= 0.3 is 0 Å². The Morgan fingerprint density at radius 3 is 2.79 bits per heavy atom. The fraction of sp³-hybridized carbons (Fsp3) is 0.421. The first-order valence-electron chi connectivity index (χ1n) is 9.67. The zero-order valence-corrected chi connectivity index (χ0v) is 16.9. The van der Waals surface area contributed by atoms with E-state index in [-0.39, 0.29) is 17.9 Å². The van der Waals surface area contributed by atoms with Crippen LogP contribution in [-0.4, -0.2) is 65.8 Å². The van der Waals surface area contributed by atoms with E-state index in [2.05, 4.69) is 15.3 Å². The fourth-order valence-corrected chi connectivity index (χ4v) is 4.72. The van der Waals surface area contributed by atoms with Gasteiger partial charge < -0.3 is 14.4 Å². The van der Waals surface area contributed by atoms with Crippen molar-refractivity contribution in [2.24, 2.45) is 0 Å². The van der Waals surface area contributed by atoms with E-state index < -0.39 is 0 Å². The number of aryl methyl sites for hydroxylation is 1. The lowest BCUT2D eigenvalue weighted by molar-refractivity contribution is -0.128. The van der Waals surface area contributed by atoms with Crippen molar-refractivity contribution in [2.45, 2.75) is 32.4 Å². The van der Waals surface area contributed by atoms with Gasteiger partial charge in [-0.3, -0.25) is 9.59 Å². The molecule has 0 radical (unpaired) electrons. The summed E-state index contributed by atoms with van der Waals surface area (Å²) in [6.07, 6.45) is 7.27. The maximum absolute atomic E-state index is 12.9. The quantitative estimate of drug-likeness (QED) is 0.637. The predicted octanol–water partition coefficient (Wildman–Crippen LogP) is 1.65. The molecule has 0 N–H and O–H groups in total. The van der Waals surface area contributed by atoms with Crippen LogP contribution in [-0.2, 0) is 11.3 Å². The smallest absolute Gasteiger partial charge is 0.266 e. The van der Waals surface area contributed by atoms with E-state index >= 15 is 0 Å². The summed E-state index contributed by atoms with van der Waals surface area (Å²) in [5.41, 5.74) is 1.55. The van der Waals surface area contributed by atoms with Crippen LogP contribution in [0.4, 0.5) is 0 Å². The molecule has 150 valence electrons. The minimum Gasteiger partial charge on any atom is -0.337 e. The molecule has 2 fully saturated rings. The highest BCUT2D eigenvalue weighted by Gasteiger charge is 2.35. The average Bonchev–Trinajstić information content (AvgIpc) is 3.43. The van der Waals surface area contributed by atoms with E-state index in [1.807, 2.05) is 56.7 Å². The second kappa shape index (κ2) is 7.11. The Morgan fingerprint density at radius 2 is 2.07 bits per heavy atom. The number of hydrogen-bond acceptors (Lipinski definition) is 6. The van der Waals surface area contributed by atoms with E-state index in [1.165, 1.54) is 11.3 Å². The number of thiazole rings is 1. The first kappa shape index (κ1) is 18.0. The minimum atomic E-state index is 0.0117. The highest BCUT2D eigenvalue weighted by molar-refractivity contribution is 7.16. The van der Waals surface area contributed by atoms with Gasteiger partial charge in [0.25, 0.3) is 5.91 Å². The lowest BCUT2D eigenvalue weighted by atomic mass is 10.1. The SMILES string of the molecule is Cc1nc(-n2cccc2)sc1C(=O)N1CC(n2cc(CN3CCCC3=O)nn2)C1. The molecule has 0 unspecified atom stereocenters. The highest BCUT2D eigenvalue weighted by Crippen LogP contribution is 2.28. The number of likely N-dealkylation sites (tertiary alicyclic amines) is 2. The van der Waals surface area contributed by atoms with Crippen LogP contribution in [0.25, 0.3) is 5.13 Å². The van der Waals surface area contributed by atoms with Crippen LogP contribution in [0.5, 0.6) is 0 Å². The number of rotatable bonds is 5. The molecule has 0 aliphatic carbocycles. The topological polar surface area (TPSA) is 89.2 Å². The summed E-state index contributed by atoms with van der Waals surface area (Å²) < 4.78 is 3.72. The van der Waals surface area contributed by atoms with E-state index in [9.17, 15) is 9.59 Å². The molecule has 2 saturated heterocycles. The molecular weight excluding hydrogens is 390 g/mol. The van der Waals surface area contributed by atoms with Gasteiger partial charge in [-0.2, -0.15) is 0 Å². The molecule has 3 aromatic rings. The van der Waals surface area contributed by atoms with Gasteiger partial charge in [0.1, 0.15) is 10.6 Å². The van der Waals surface area contributed by atoms with Crippen LogP contribution >= 0.6 is 11.3 Å². The Labute approximate surface area is 171 Å². The van der Waals surface area contributed by atoms with Crippen LogP contribution in [0.3, 0.4) is 0 Å². The number of hydrogen-bond donors (Lipinski definition) is 0. The molecule has 0 spiro atoms. The Bertz CT molecular complexity index is 1050. The third-order valence-corrected chi connectivity index (χ3v) is 6.57. The summed E-state index contributed by atoms with van der Waals surface area (Å²) >= 11 is 1.41. The van der Waals surface area contributed by atoms with Gasteiger partial charge in [0.2, 0.25) is 5.91 Å². The molecular formula is C19H21N7O2S. The lowest BCUT2D eigenvalue weighted by Gasteiger charge is -2.38. The van der Waals surface area contributed by atoms with Crippen molar-refractivity contribution in [1.29, 1.82) is 0 Å². The molecule has 9 nitrogen and oxygen atoms in total. The van der Waals surface area contributed by atoms with E-state index in [4.69, 9.17) is 0 Å². The number of carbonyl (C=O) groups excluding carboxylic acids is 2. The standard InChI is InChI=1S/C19H21N7O2S/c1-13-17(29-19(20-13)23-6-2-3-7-23)18(28)25-11-15(12-25)26-10-14(21-22-26)9-24-8-4-5-16(24)27/h2-3,6-7,10,15H,4-5,8-9,11-12H2,1H3. The summed E-state index contributed by atoms with van der Waals surface area (Å²) in [5.74, 6) is 0.192. The zero-order chi connectivity index (χ0) is 20.0. The summed E-state index contributed by atoms with van der Waals surface area (Å²) in [5, 5.41) is 9.20.